The van der Waals surface area contributed by atoms with Crippen molar-refractivity contribution in [3.63, 3.8) is 0 Å². The van der Waals surface area contributed by atoms with Gasteiger partial charge in [0.05, 0.1) is 0 Å². The molecule has 25 heavy (non-hydrogen) atoms. The third-order valence-corrected chi connectivity index (χ3v) is 3.03. The van der Waals surface area contributed by atoms with Gasteiger partial charge in [0.25, 0.3) is 0 Å². The minimum absolute atomic E-state index is 0.0524. The van der Waals surface area contributed by atoms with E-state index in [2.05, 4.69) is 5.32 Å². The van der Waals surface area contributed by atoms with Crippen molar-refractivity contribution in [2.75, 3.05) is 6.54 Å². The first-order valence-corrected chi connectivity index (χ1v) is 8.04. The molecule has 0 fully saturated rings. The monoisotopic (exact) mass is 353 g/mol. The molecule has 6 nitrogen and oxygen atoms in total. The Kier molecular flexibility index (Phi) is 7.54. The number of carbonyl (C=O) groups excluding carboxylic acids is 3. The van der Waals surface area contributed by atoms with Gasteiger partial charge >= 0.3 is 12.1 Å². The summed E-state index contributed by atoms with van der Waals surface area (Å²) in [6.07, 6.45) is -1.11. The Labute approximate surface area is 146 Å². The highest BCUT2D eigenvalue weighted by Gasteiger charge is 2.19. The van der Waals surface area contributed by atoms with Crippen molar-refractivity contribution in [3.05, 3.63) is 35.6 Å². The molecular weight excluding hydrogens is 329 g/mol. The summed E-state index contributed by atoms with van der Waals surface area (Å²) in [4.78, 5) is 35.2. The molecule has 1 atom stereocenters. The number of rotatable bonds is 7. The molecule has 0 aromatic heterocycles. The van der Waals surface area contributed by atoms with E-state index in [1.165, 1.54) is 31.2 Å². The zero-order valence-corrected chi connectivity index (χ0v) is 14.9. The standard InChI is InChI=1S/C18H24FNO5/c1-12(16(22)13-7-9-14(19)10-8-13)24-15(21)6-5-11-20-17(23)25-18(2,3)4/h7-10,12H,5-6,11H2,1-4H3,(H,20,23)/t12-/m1/s1. The molecule has 0 unspecified atom stereocenters. The van der Waals surface area contributed by atoms with Gasteiger partial charge < -0.3 is 14.8 Å². The van der Waals surface area contributed by atoms with Gasteiger partial charge in [0.15, 0.2) is 6.10 Å². The van der Waals surface area contributed by atoms with Gasteiger partial charge in [-0.2, -0.15) is 0 Å². The lowest BCUT2D eigenvalue weighted by Gasteiger charge is -2.19. The van der Waals surface area contributed by atoms with Gasteiger partial charge in [0.2, 0.25) is 5.78 Å². The molecule has 0 saturated heterocycles. The second kappa shape index (κ2) is 9.15. The first-order valence-electron chi connectivity index (χ1n) is 8.04. The van der Waals surface area contributed by atoms with Crippen LogP contribution in [0.4, 0.5) is 9.18 Å². The van der Waals surface area contributed by atoms with Gasteiger partial charge in [-0.3, -0.25) is 9.59 Å². The van der Waals surface area contributed by atoms with Gasteiger partial charge in [0.1, 0.15) is 11.4 Å². The van der Waals surface area contributed by atoms with E-state index >= 15 is 0 Å². The van der Waals surface area contributed by atoms with Crippen molar-refractivity contribution < 1.29 is 28.2 Å². The van der Waals surface area contributed by atoms with E-state index in [4.69, 9.17) is 9.47 Å². The molecule has 0 aliphatic carbocycles. The number of Topliss-reactive ketones (excluding diaryl/α,β-unsaturated/α-hetero) is 1. The van der Waals surface area contributed by atoms with Crippen LogP contribution in [-0.2, 0) is 14.3 Å². The zero-order valence-electron chi connectivity index (χ0n) is 14.9. The minimum atomic E-state index is -0.961. The van der Waals surface area contributed by atoms with Crippen LogP contribution < -0.4 is 5.32 Å². The SMILES string of the molecule is C[C@@H](OC(=O)CCCNC(=O)OC(C)(C)C)C(=O)c1ccc(F)cc1. The summed E-state index contributed by atoms with van der Waals surface area (Å²) in [6, 6.07) is 5.02. The highest BCUT2D eigenvalue weighted by atomic mass is 19.1. The number of benzene rings is 1. The molecule has 7 heteroatoms. The summed E-state index contributed by atoms with van der Waals surface area (Å²) in [5.74, 6) is -1.40. The van der Waals surface area contributed by atoms with Crippen LogP contribution in [0.5, 0.6) is 0 Å². The van der Waals surface area contributed by atoms with Crippen LogP contribution in [0, 0.1) is 5.82 Å². The van der Waals surface area contributed by atoms with Crippen LogP contribution >= 0.6 is 0 Å². The average Bonchev–Trinajstić information content (AvgIpc) is 2.50. The molecule has 1 aromatic rings. The molecule has 0 aliphatic rings. The number of ether oxygens (including phenoxy) is 2. The van der Waals surface area contributed by atoms with Crippen LogP contribution in [0.1, 0.15) is 50.9 Å². The zero-order chi connectivity index (χ0) is 19.0. The molecule has 0 radical (unpaired) electrons. The number of nitrogens with one attached hydrogen (secondary N) is 1. The fourth-order valence-electron chi connectivity index (χ4n) is 1.90. The van der Waals surface area contributed by atoms with Gasteiger partial charge in [-0.15, -0.1) is 0 Å². The van der Waals surface area contributed by atoms with Crippen molar-refractivity contribution in [2.24, 2.45) is 0 Å². The van der Waals surface area contributed by atoms with Gasteiger partial charge in [-0.1, -0.05) is 0 Å². The minimum Gasteiger partial charge on any atom is -0.454 e. The van der Waals surface area contributed by atoms with Gasteiger partial charge in [-0.05, 0) is 58.4 Å². The topological polar surface area (TPSA) is 81.7 Å². The largest absolute Gasteiger partial charge is 0.454 e. The Morgan fingerprint density at radius 1 is 1.16 bits per heavy atom. The molecule has 1 N–H and O–H groups in total. The summed E-state index contributed by atoms with van der Waals surface area (Å²) in [7, 11) is 0. The van der Waals surface area contributed by atoms with Crippen LogP contribution in [0.15, 0.2) is 24.3 Å². The van der Waals surface area contributed by atoms with E-state index in [1.807, 2.05) is 0 Å². The lowest BCUT2D eigenvalue weighted by Crippen LogP contribution is -2.33. The summed E-state index contributed by atoms with van der Waals surface area (Å²) in [5, 5.41) is 2.53. The fraction of sp³-hybridized carbons (Fsp3) is 0.500. The maximum Gasteiger partial charge on any atom is 0.407 e. The van der Waals surface area contributed by atoms with Crippen LogP contribution in [0.25, 0.3) is 0 Å². The molecule has 1 aromatic carbocycles. The predicted molar refractivity (Wildman–Crippen MR) is 89.8 cm³/mol. The number of esters is 1. The van der Waals surface area contributed by atoms with E-state index < -0.39 is 35.4 Å². The van der Waals surface area contributed by atoms with Crippen LogP contribution in [-0.4, -0.2) is 36.1 Å². The molecule has 0 heterocycles. The first-order chi connectivity index (χ1) is 11.6. The summed E-state index contributed by atoms with van der Waals surface area (Å²) < 4.78 is 23.0. The number of carbonyl (C=O) groups is 3. The van der Waals surface area contributed by atoms with Crippen molar-refractivity contribution in [2.45, 2.75) is 52.2 Å². The quantitative estimate of drug-likeness (QED) is 0.462. The molecule has 1 amide bonds. The number of hydrogen-bond donors (Lipinski definition) is 1. The maximum atomic E-state index is 12.8. The van der Waals surface area contributed by atoms with E-state index in [0.717, 1.165) is 0 Å². The Bertz CT molecular complexity index is 607. The molecule has 0 aliphatic heterocycles. The number of alkyl carbamates (subject to hydrolysis) is 1. The number of hydrogen-bond acceptors (Lipinski definition) is 5. The number of amides is 1. The van der Waals surface area contributed by atoms with Gasteiger partial charge in [0, 0.05) is 18.5 Å². The lowest BCUT2D eigenvalue weighted by atomic mass is 10.1. The molecular formula is C18H24FNO5. The Hall–Kier alpha value is -2.44. The van der Waals surface area contributed by atoms with Crippen molar-refractivity contribution in [1.82, 2.24) is 5.32 Å². The lowest BCUT2D eigenvalue weighted by molar-refractivity contribution is -0.146. The Balaban J connectivity index is 2.30. The summed E-state index contributed by atoms with van der Waals surface area (Å²) in [5.41, 5.74) is -0.313. The number of halogens is 1. The first kappa shape index (κ1) is 20.6. The second-order valence-corrected chi connectivity index (χ2v) is 6.54. The average molecular weight is 353 g/mol. The normalized spacial score (nSPS) is 12.2. The second-order valence-electron chi connectivity index (χ2n) is 6.54. The highest BCUT2D eigenvalue weighted by Crippen LogP contribution is 2.09. The third kappa shape index (κ3) is 8.28. The predicted octanol–water partition coefficient (Wildman–Crippen LogP) is 3.25. The molecule has 0 saturated carbocycles. The molecule has 1 rings (SSSR count). The van der Waals surface area contributed by atoms with E-state index in [-0.39, 0.29) is 18.5 Å². The van der Waals surface area contributed by atoms with Crippen molar-refractivity contribution >= 4 is 17.8 Å². The number of ketones is 1. The van der Waals surface area contributed by atoms with Crippen molar-refractivity contribution in [1.29, 1.82) is 0 Å². The van der Waals surface area contributed by atoms with Crippen LogP contribution in [0.2, 0.25) is 0 Å². The van der Waals surface area contributed by atoms with E-state index in [9.17, 15) is 18.8 Å². The third-order valence-electron chi connectivity index (χ3n) is 3.03. The molecule has 138 valence electrons. The van der Waals surface area contributed by atoms with Gasteiger partial charge in [-0.25, -0.2) is 9.18 Å². The van der Waals surface area contributed by atoms with E-state index in [0.29, 0.717) is 6.42 Å². The maximum absolute atomic E-state index is 12.8. The Morgan fingerprint density at radius 3 is 2.32 bits per heavy atom. The summed E-state index contributed by atoms with van der Waals surface area (Å²) in [6.45, 7) is 6.98. The van der Waals surface area contributed by atoms with Crippen LogP contribution in [0.3, 0.4) is 0 Å². The van der Waals surface area contributed by atoms with E-state index in [1.54, 1.807) is 20.8 Å². The smallest absolute Gasteiger partial charge is 0.407 e. The molecule has 0 spiro atoms. The van der Waals surface area contributed by atoms with Crippen molar-refractivity contribution in [3.8, 4) is 0 Å². The summed E-state index contributed by atoms with van der Waals surface area (Å²) >= 11 is 0. The highest BCUT2D eigenvalue weighted by molar-refractivity contribution is 6.00. The fourth-order valence-corrected chi connectivity index (χ4v) is 1.90. The molecule has 0 bridgehead atoms. The Morgan fingerprint density at radius 2 is 1.76 bits per heavy atom.